The van der Waals surface area contributed by atoms with Crippen molar-refractivity contribution < 1.29 is 9.90 Å². The predicted octanol–water partition coefficient (Wildman–Crippen LogP) is 4.06. The second-order valence-corrected chi connectivity index (χ2v) is 7.83. The lowest BCUT2D eigenvalue weighted by molar-refractivity contribution is -0.126. The molecule has 1 aromatic heterocycles. The SMILES string of the molecule is O=C1CCC[C@@H]2Nc3nc(-c4cccc(Cl)c4)nn3[C@H](c3cccc(O)c3)[C@@H]12. The molecule has 0 amide bonds. The van der Waals surface area contributed by atoms with Gasteiger partial charge in [0.1, 0.15) is 11.5 Å². The van der Waals surface area contributed by atoms with Gasteiger partial charge in [0.2, 0.25) is 5.95 Å². The first-order valence-electron chi connectivity index (χ1n) is 9.41. The lowest BCUT2D eigenvalue weighted by Gasteiger charge is -2.41. The molecular weight excluding hydrogens is 376 g/mol. The van der Waals surface area contributed by atoms with Crippen molar-refractivity contribution in [2.75, 3.05) is 5.32 Å². The van der Waals surface area contributed by atoms with Crippen molar-refractivity contribution in [3.63, 3.8) is 0 Å². The molecular formula is C21H19ClN4O2. The number of aromatic hydroxyl groups is 1. The van der Waals surface area contributed by atoms with Gasteiger partial charge in [0.15, 0.2) is 5.82 Å². The largest absolute Gasteiger partial charge is 0.508 e. The van der Waals surface area contributed by atoms with Crippen molar-refractivity contribution in [3.8, 4) is 17.1 Å². The van der Waals surface area contributed by atoms with E-state index in [4.69, 9.17) is 16.7 Å². The second-order valence-electron chi connectivity index (χ2n) is 7.39. The number of fused-ring (bicyclic) bond motifs is 2. The Bertz CT molecular complexity index is 1060. The van der Waals surface area contributed by atoms with Crippen LogP contribution in [0.4, 0.5) is 5.95 Å². The maximum Gasteiger partial charge on any atom is 0.222 e. The number of benzene rings is 2. The molecule has 2 heterocycles. The Labute approximate surface area is 167 Å². The number of carbonyl (C=O) groups excluding carboxylic acids is 1. The zero-order valence-corrected chi connectivity index (χ0v) is 15.8. The molecule has 2 aliphatic rings. The number of carbonyl (C=O) groups is 1. The molecule has 5 rings (SSSR count). The lowest BCUT2D eigenvalue weighted by atomic mass is 9.75. The number of rotatable bonds is 2. The second kappa shape index (κ2) is 6.63. The van der Waals surface area contributed by atoms with Crippen LogP contribution >= 0.6 is 11.6 Å². The third-order valence-corrected chi connectivity index (χ3v) is 5.82. The van der Waals surface area contributed by atoms with Gasteiger partial charge in [-0.15, -0.1) is 5.10 Å². The highest BCUT2D eigenvalue weighted by Crippen LogP contribution is 2.42. The average Bonchev–Trinajstić information content (AvgIpc) is 3.10. The molecule has 2 aromatic carbocycles. The van der Waals surface area contributed by atoms with Gasteiger partial charge < -0.3 is 10.4 Å². The molecule has 0 bridgehead atoms. The summed E-state index contributed by atoms with van der Waals surface area (Å²) in [7, 11) is 0. The Morgan fingerprint density at radius 1 is 1.18 bits per heavy atom. The van der Waals surface area contributed by atoms with Gasteiger partial charge in [-0.3, -0.25) is 4.79 Å². The Kier molecular flexibility index (Phi) is 4.09. The molecule has 3 aromatic rings. The van der Waals surface area contributed by atoms with E-state index in [9.17, 15) is 9.90 Å². The zero-order valence-electron chi connectivity index (χ0n) is 15.0. The van der Waals surface area contributed by atoms with E-state index in [1.165, 1.54) is 0 Å². The minimum absolute atomic E-state index is 0.0116. The van der Waals surface area contributed by atoms with Crippen LogP contribution in [0.15, 0.2) is 48.5 Å². The molecule has 3 atom stereocenters. The Balaban J connectivity index is 1.66. The summed E-state index contributed by atoms with van der Waals surface area (Å²) in [5.41, 5.74) is 1.68. The Morgan fingerprint density at radius 3 is 2.86 bits per heavy atom. The summed E-state index contributed by atoms with van der Waals surface area (Å²) in [6.45, 7) is 0. The topological polar surface area (TPSA) is 80.0 Å². The van der Waals surface area contributed by atoms with E-state index in [1.54, 1.807) is 22.9 Å². The van der Waals surface area contributed by atoms with E-state index in [0.29, 0.717) is 23.2 Å². The minimum Gasteiger partial charge on any atom is -0.508 e. The molecule has 7 heteroatoms. The third-order valence-electron chi connectivity index (χ3n) is 5.59. The number of aromatic nitrogens is 3. The molecule has 1 aliphatic heterocycles. The van der Waals surface area contributed by atoms with E-state index in [1.807, 2.05) is 30.3 Å². The molecule has 0 radical (unpaired) electrons. The summed E-state index contributed by atoms with van der Waals surface area (Å²) in [6.07, 6.45) is 2.35. The van der Waals surface area contributed by atoms with Gasteiger partial charge in [-0.2, -0.15) is 4.98 Å². The van der Waals surface area contributed by atoms with Crippen LogP contribution in [0, 0.1) is 5.92 Å². The summed E-state index contributed by atoms with van der Waals surface area (Å²) >= 11 is 6.13. The van der Waals surface area contributed by atoms with Crippen LogP contribution in [0.1, 0.15) is 30.9 Å². The van der Waals surface area contributed by atoms with Crippen molar-refractivity contribution in [1.29, 1.82) is 0 Å². The van der Waals surface area contributed by atoms with Gasteiger partial charge in [0.05, 0.1) is 12.0 Å². The van der Waals surface area contributed by atoms with E-state index < -0.39 is 0 Å². The molecule has 1 fully saturated rings. The summed E-state index contributed by atoms with van der Waals surface area (Å²) in [4.78, 5) is 17.5. The van der Waals surface area contributed by atoms with Gasteiger partial charge in [-0.25, -0.2) is 4.68 Å². The third kappa shape index (κ3) is 2.85. The number of hydrogen-bond acceptors (Lipinski definition) is 5. The lowest BCUT2D eigenvalue weighted by Crippen LogP contribution is -2.48. The number of phenolic OH excluding ortho intramolecular Hbond substituents is 1. The number of nitrogens with one attached hydrogen (secondary N) is 1. The summed E-state index contributed by atoms with van der Waals surface area (Å²) in [5, 5.41) is 18.8. The van der Waals surface area contributed by atoms with Crippen molar-refractivity contribution in [3.05, 3.63) is 59.1 Å². The maximum atomic E-state index is 12.8. The number of anilines is 1. The maximum absolute atomic E-state index is 12.8. The number of ketones is 1. The Morgan fingerprint density at radius 2 is 2.04 bits per heavy atom. The van der Waals surface area contributed by atoms with E-state index in [2.05, 4.69) is 10.3 Å². The van der Waals surface area contributed by atoms with E-state index in [-0.39, 0.29) is 29.5 Å². The molecule has 142 valence electrons. The zero-order chi connectivity index (χ0) is 19.3. The minimum atomic E-state index is -0.304. The van der Waals surface area contributed by atoms with Crippen LogP contribution in [0.25, 0.3) is 11.4 Å². The van der Waals surface area contributed by atoms with Crippen molar-refractivity contribution in [1.82, 2.24) is 14.8 Å². The summed E-state index contributed by atoms with van der Waals surface area (Å²) in [6, 6.07) is 14.2. The highest BCUT2D eigenvalue weighted by atomic mass is 35.5. The standard InChI is InChI=1S/C21H19ClN4O2/c22-14-6-1-5-13(10-14)20-24-21-23-16-8-3-9-17(28)18(16)19(26(21)25-20)12-4-2-7-15(27)11-12/h1-2,4-7,10-11,16,18-19,27H,3,8-9H2,(H,23,24,25)/t16-,18+,19+/m0/s1. The summed E-state index contributed by atoms with van der Waals surface area (Å²) in [5.74, 6) is 1.35. The van der Waals surface area contributed by atoms with Crippen LogP contribution in [0.3, 0.4) is 0 Å². The predicted molar refractivity (Wildman–Crippen MR) is 106 cm³/mol. The summed E-state index contributed by atoms with van der Waals surface area (Å²) < 4.78 is 1.79. The highest BCUT2D eigenvalue weighted by Gasteiger charge is 2.45. The number of hydrogen-bond donors (Lipinski definition) is 2. The van der Waals surface area contributed by atoms with Crippen molar-refractivity contribution >= 4 is 23.3 Å². The molecule has 1 aliphatic carbocycles. The number of nitrogens with zero attached hydrogens (tertiary/aromatic N) is 3. The van der Waals surface area contributed by atoms with Crippen LogP contribution < -0.4 is 5.32 Å². The van der Waals surface area contributed by atoms with Gasteiger partial charge in [0, 0.05) is 23.0 Å². The first kappa shape index (κ1) is 17.3. The fourth-order valence-electron chi connectivity index (χ4n) is 4.37. The normalized spacial score (nSPS) is 23.6. The highest BCUT2D eigenvalue weighted by molar-refractivity contribution is 6.30. The van der Waals surface area contributed by atoms with Gasteiger partial charge in [-0.1, -0.05) is 35.9 Å². The van der Waals surface area contributed by atoms with Gasteiger partial charge in [-0.05, 0) is 42.7 Å². The smallest absolute Gasteiger partial charge is 0.222 e. The number of halogens is 1. The Hall–Kier alpha value is -2.86. The first-order valence-corrected chi connectivity index (χ1v) is 9.78. The number of phenols is 1. The molecule has 2 N–H and O–H groups in total. The monoisotopic (exact) mass is 394 g/mol. The number of Topliss-reactive ketones (excluding diaryl/α,β-unsaturated/α-hetero) is 1. The van der Waals surface area contributed by atoms with Crippen LogP contribution in [0.2, 0.25) is 5.02 Å². The molecule has 0 saturated heterocycles. The fourth-order valence-corrected chi connectivity index (χ4v) is 4.56. The van der Waals surface area contributed by atoms with Gasteiger partial charge in [0.25, 0.3) is 0 Å². The molecule has 6 nitrogen and oxygen atoms in total. The van der Waals surface area contributed by atoms with Gasteiger partial charge >= 0.3 is 0 Å². The molecule has 0 unspecified atom stereocenters. The molecule has 0 spiro atoms. The van der Waals surface area contributed by atoms with E-state index >= 15 is 0 Å². The first-order chi connectivity index (χ1) is 13.6. The van der Waals surface area contributed by atoms with Crippen molar-refractivity contribution in [2.24, 2.45) is 5.92 Å². The average molecular weight is 395 g/mol. The van der Waals surface area contributed by atoms with E-state index in [0.717, 1.165) is 24.0 Å². The van der Waals surface area contributed by atoms with Crippen LogP contribution in [-0.2, 0) is 4.79 Å². The van der Waals surface area contributed by atoms with Crippen LogP contribution in [-0.4, -0.2) is 31.7 Å². The fraction of sp³-hybridized carbons (Fsp3) is 0.286. The molecule has 1 saturated carbocycles. The van der Waals surface area contributed by atoms with Crippen molar-refractivity contribution in [2.45, 2.75) is 31.3 Å². The van der Waals surface area contributed by atoms with Crippen LogP contribution in [0.5, 0.6) is 5.75 Å². The molecule has 28 heavy (non-hydrogen) atoms. The quantitative estimate of drug-likeness (QED) is 0.685.